The van der Waals surface area contributed by atoms with Crippen molar-refractivity contribution in [2.75, 3.05) is 0 Å². The maximum Gasteiger partial charge on any atom is 0.306 e. The Bertz CT molecular complexity index is 882. The van der Waals surface area contributed by atoms with Gasteiger partial charge in [0.05, 0.1) is 0 Å². The first-order chi connectivity index (χ1) is 12.9. The van der Waals surface area contributed by atoms with E-state index in [2.05, 4.69) is 19.9 Å². The summed E-state index contributed by atoms with van der Waals surface area (Å²) in [5.74, 6) is 4.47. The molecule has 142 valence electrons. The van der Waals surface area contributed by atoms with E-state index in [9.17, 15) is 9.59 Å². The number of carbonyl (C=O) groups is 2. The second-order valence-corrected chi connectivity index (χ2v) is 11.1. The van der Waals surface area contributed by atoms with Crippen LogP contribution in [0.4, 0.5) is 0 Å². The number of rotatable bonds is 0. The molecule has 1 spiro atoms. The highest BCUT2D eigenvalue weighted by atomic mass is 16.6. The minimum Gasteiger partial charge on any atom is -0.458 e. The van der Waals surface area contributed by atoms with Gasteiger partial charge in [0.25, 0.3) is 0 Å². The molecule has 0 N–H and O–H groups in total. The summed E-state index contributed by atoms with van der Waals surface area (Å²) in [7, 11) is 0. The zero-order valence-corrected chi connectivity index (χ0v) is 16.3. The van der Waals surface area contributed by atoms with Crippen LogP contribution in [0.5, 0.6) is 0 Å². The molecule has 0 aromatic rings. The molecule has 0 radical (unpaired) electrons. The number of hydrogen-bond donors (Lipinski definition) is 0. The summed E-state index contributed by atoms with van der Waals surface area (Å²) in [6.45, 7) is 4.87. The quantitative estimate of drug-likeness (QED) is 0.477. The lowest BCUT2D eigenvalue weighted by Gasteiger charge is -2.56. The molecule has 3 heteroatoms. The summed E-state index contributed by atoms with van der Waals surface area (Å²) in [6.07, 6.45) is 11.4. The highest BCUT2D eigenvalue weighted by molar-refractivity contribution is 5.92. The summed E-state index contributed by atoms with van der Waals surface area (Å²) >= 11 is 0. The van der Waals surface area contributed by atoms with Gasteiger partial charge in [0, 0.05) is 29.6 Å². The fourth-order valence-corrected chi connectivity index (χ4v) is 9.01. The molecule has 0 aromatic heterocycles. The number of ketones is 1. The van der Waals surface area contributed by atoms with Crippen molar-refractivity contribution in [3.8, 4) is 0 Å². The van der Waals surface area contributed by atoms with Crippen molar-refractivity contribution < 1.29 is 14.3 Å². The van der Waals surface area contributed by atoms with Gasteiger partial charge < -0.3 is 4.74 Å². The van der Waals surface area contributed by atoms with E-state index in [1.54, 1.807) is 5.57 Å². The minimum absolute atomic E-state index is 0.0354. The lowest BCUT2D eigenvalue weighted by atomic mass is 9.49. The van der Waals surface area contributed by atoms with Crippen molar-refractivity contribution in [2.45, 2.75) is 64.4 Å². The van der Waals surface area contributed by atoms with Gasteiger partial charge in [-0.1, -0.05) is 31.1 Å². The molecule has 6 aliphatic carbocycles. The van der Waals surface area contributed by atoms with Crippen LogP contribution in [0.25, 0.3) is 0 Å². The van der Waals surface area contributed by atoms with Gasteiger partial charge in [-0.3, -0.25) is 9.59 Å². The Hall–Kier alpha value is -1.38. The van der Waals surface area contributed by atoms with E-state index >= 15 is 0 Å². The van der Waals surface area contributed by atoms with Crippen LogP contribution in [-0.4, -0.2) is 17.4 Å². The Labute approximate surface area is 160 Å². The molecule has 0 bridgehead atoms. The van der Waals surface area contributed by atoms with Gasteiger partial charge in [-0.25, -0.2) is 0 Å². The van der Waals surface area contributed by atoms with Crippen molar-refractivity contribution in [1.29, 1.82) is 0 Å². The zero-order chi connectivity index (χ0) is 18.3. The standard InChI is InChI=1S/C24H28O3/c1-22-6-3-12(25)9-17(22)13-10-14(13)20-16(22)4-7-23(2)21(20)15-11-18(15)24(23)8-5-19(26)27-24/h4,9,13-15,18,20-21H,3,5-8,10-11H2,1-2H3/t13?,14?,15-,18+,20?,21?,22-,23+,24?/m1/s1. The summed E-state index contributed by atoms with van der Waals surface area (Å²) in [5, 5.41) is 0. The van der Waals surface area contributed by atoms with Crippen LogP contribution in [0.3, 0.4) is 0 Å². The van der Waals surface area contributed by atoms with E-state index in [0.717, 1.165) is 31.1 Å². The predicted octanol–water partition coefficient (Wildman–Crippen LogP) is 4.23. The SMILES string of the molecule is C[C@]12CCC(=O)C=C1C1CC1C1C2=CC[C@@]2(C)C1[C@@H]1C[C@@H]1C21CCC(=O)O1. The average Bonchev–Trinajstić information content (AvgIpc) is 3.53. The number of fused-ring (bicyclic) bond motifs is 12. The van der Waals surface area contributed by atoms with Gasteiger partial charge >= 0.3 is 5.97 Å². The van der Waals surface area contributed by atoms with Gasteiger partial charge in [-0.05, 0) is 67.8 Å². The molecular formula is C24H28O3. The molecule has 7 rings (SSSR count). The highest BCUT2D eigenvalue weighted by Crippen LogP contribution is 2.81. The smallest absolute Gasteiger partial charge is 0.306 e. The molecule has 5 fully saturated rings. The van der Waals surface area contributed by atoms with E-state index in [1.807, 2.05) is 6.08 Å². The number of allylic oxidation sites excluding steroid dienone is 4. The van der Waals surface area contributed by atoms with Crippen molar-refractivity contribution in [1.82, 2.24) is 0 Å². The van der Waals surface area contributed by atoms with Gasteiger partial charge in [0.2, 0.25) is 0 Å². The molecule has 27 heavy (non-hydrogen) atoms. The van der Waals surface area contributed by atoms with Crippen LogP contribution >= 0.6 is 0 Å². The van der Waals surface area contributed by atoms with Crippen LogP contribution in [0.1, 0.15) is 58.8 Å². The third-order valence-electron chi connectivity index (χ3n) is 10.3. The number of hydrogen-bond acceptors (Lipinski definition) is 3. The molecule has 1 saturated heterocycles. The lowest BCUT2D eigenvalue weighted by Crippen LogP contribution is -2.53. The summed E-state index contributed by atoms with van der Waals surface area (Å²) in [5.41, 5.74) is 3.18. The summed E-state index contributed by atoms with van der Waals surface area (Å²) < 4.78 is 6.19. The molecule has 1 aliphatic heterocycles. The first kappa shape index (κ1) is 15.5. The van der Waals surface area contributed by atoms with Gasteiger partial charge in [-0.15, -0.1) is 0 Å². The fourth-order valence-electron chi connectivity index (χ4n) is 9.01. The van der Waals surface area contributed by atoms with E-state index in [4.69, 9.17) is 4.74 Å². The average molecular weight is 364 g/mol. The van der Waals surface area contributed by atoms with E-state index in [1.165, 1.54) is 18.4 Å². The molecule has 0 aromatic carbocycles. The van der Waals surface area contributed by atoms with Crippen molar-refractivity contribution in [3.05, 3.63) is 23.3 Å². The first-order valence-electron chi connectivity index (χ1n) is 11.1. The Morgan fingerprint density at radius 2 is 1.89 bits per heavy atom. The number of carbonyl (C=O) groups excluding carboxylic acids is 2. The molecule has 7 aliphatic rings. The summed E-state index contributed by atoms with van der Waals surface area (Å²) in [4.78, 5) is 24.3. The maximum absolute atomic E-state index is 12.1. The van der Waals surface area contributed by atoms with Crippen LogP contribution < -0.4 is 0 Å². The first-order valence-corrected chi connectivity index (χ1v) is 11.1. The Kier molecular flexibility index (Phi) is 2.46. The van der Waals surface area contributed by atoms with Crippen molar-refractivity contribution in [2.24, 2.45) is 46.3 Å². The largest absolute Gasteiger partial charge is 0.458 e. The third kappa shape index (κ3) is 1.53. The van der Waals surface area contributed by atoms with Gasteiger partial charge in [0.1, 0.15) is 5.60 Å². The molecule has 1 heterocycles. The molecule has 3 nitrogen and oxygen atoms in total. The van der Waals surface area contributed by atoms with E-state index in [0.29, 0.717) is 42.3 Å². The Morgan fingerprint density at radius 3 is 2.67 bits per heavy atom. The van der Waals surface area contributed by atoms with Crippen LogP contribution in [0.2, 0.25) is 0 Å². The predicted molar refractivity (Wildman–Crippen MR) is 99.5 cm³/mol. The fraction of sp³-hybridized carbons (Fsp3) is 0.750. The van der Waals surface area contributed by atoms with Crippen molar-refractivity contribution in [3.63, 3.8) is 0 Å². The topological polar surface area (TPSA) is 43.4 Å². The molecule has 5 unspecified atom stereocenters. The zero-order valence-electron chi connectivity index (χ0n) is 16.3. The molecular weight excluding hydrogens is 336 g/mol. The van der Waals surface area contributed by atoms with Crippen LogP contribution in [0.15, 0.2) is 23.3 Å². The maximum atomic E-state index is 12.1. The third-order valence-corrected chi connectivity index (χ3v) is 10.3. The van der Waals surface area contributed by atoms with Crippen molar-refractivity contribution >= 4 is 11.8 Å². The minimum atomic E-state index is -0.175. The van der Waals surface area contributed by atoms with E-state index < -0.39 is 0 Å². The monoisotopic (exact) mass is 364 g/mol. The number of ether oxygens (including phenoxy) is 1. The van der Waals surface area contributed by atoms with E-state index in [-0.39, 0.29) is 22.4 Å². The second kappa shape index (κ2) is 4.28. The molecule has 9 atom stereocenters. The van der Waals surface area contributed by atoms with Crippen LogP contribution in [-0.2, 0) is 14.3 Å². The molecule has 0 amide bonds. The second-order valence-electron chi connectivity index (χ2n) is 11.1. The van der Waals surface area contributed by atoms with Gasteiger partial charge in [0.15, 0.2) is 5.78 Å². The Balaban J connectivity index is 1.38. The summed E-state index contributed by atoms with van der Waals surface area (Å²) in [6, 6.07) is 0. The number of esters is 1. The Morgan fingerprint density at radius 1 is 1.04 bits per heavy atom. The highest BCUT2D eigenvalue weighted by Gasteiger charge is 2.80. The molecule has 4 saturated carbocycles. The normalized spacial score (nSPS) is 59.0. The van der Waals surface area contributed by atoms with Crippen LogP contribution in [0, 0.1) is 46.3 Å². The lowest BCUT2D eigenvalue weighted by molar-refractivity contribution is -0.166. The van der Waals surface area contributed by atoms with Gasteiger partial charge in [-0.2, -0.15) is 0 Å².